The summed E-state index contributed by atoms with van der Waals surface area (Å²) in [4.78, 5) is 12.4. The van der Waals surface area contributed by atoms with Gasteiger partial charge in [-0.25, -0.2) is 0 Å². The number of carbonyl (C=O) groups is 1. The molecule has 1 heterocycles. The largest absolute Gasteiger partial charge is 0.490 e. The predicted molar refractivity (Wildman–Crippen MR) is 128 cm³/mol. The topological polar surface area (TPSA) is 97.1 Å². The molecule has 164 valence electrons. The fourth-order valence-electron chi connectivity index (χ4n) is 2.61. The lowest BCUT2D eigenvalue weighted by Gasteiger charge is -2.08. The number of aromatic nitrogens is 2. The van der Waals surface area contributed by atoms with Gasteiger partial charge >= 0.3 is 0 Å². The monoisotopic (exact) mass is 512 g/mol. The van der Waals surface area contributed by atoms with Crippen molar-refractivity contribution in [2.24, 2.45) is 0 Å². The van der Waals surface area contributed by atoms with Crippen LogP contribution >= 0.6 is 27.3 Å². The number of hydrogen-bond acceptors (Lipinski definition) is 7. The van der Waals surface area contributed by atoms with Crippen molar-refractivity contribution < 1.29 is 14.3 Å². The Morgan fingerprint density at radius 1 is 1.09 bits per heavy atom. The van der Waals surface area contributed by atoms with Crippen LogP contribution in [-0.4, -0.2) is 29.3 Å². The second kappa shape index (κ2) is 12.0. The molecule has 1 aromatic heterocycles. The number of benzene rings is 2. The fourth-order valence-corrected chi connectivity index (χ4v) is 3.71. The maximum Gasteiger partial charge on any atom is 0.268 e. The van der Waals surface area contributed by atoms with Gasteiger partial charge in [0.25, 0.3) is 5.91 Å². The molecule has 0 saturated carbocycles. The summed E-state index contributed by atoms with van der Waals surface area (Å²) in [6, 6.07) is 16.6. The van der Waals surface area contributed by atoms with Crippen LogP contribution in [-0.2, 0) is 11.2 Å². The van der Waals surface area contributed by atoms with Gasteiger partial charge in [-0.1, -0.05) is 46.3 Å². The van der Waals surface area contributed by atoms with Gasteiger partial charge in [0.05, 0.1) is 0 Å². The summed E-state index contributed by atoms with van der Waals surface area (Å²) in [5.41, 5.74) is 0.688. The number of nitriles is 1. The highest BCUT2D eigenvalue weighted by Gasteiger charge is 2.12. The maximum absolute atomic E-state index is 12.4. The van der Waals surface area contributed by atoms with Crippen molar-refractivity contribution in [3.63, 3.8) is 0 Å². The standard InChI is InChI=1S/C23H21BrN4O3S/c1-2-3-21-27-28-23(32-21)26-22(29)17(15-25)14-16-4-8-19(9-5-16)30-12-13-31-20-10-6-18(24)7-11-20/h4-11,14H,2-3,12-13H2,1H3,(H,26,28,29)/b17-14-. The summed E-state index contributed by atoms with van der Waals surface area (Å²) in [5.74, 6) is 0.925. The molecule has 0 atom stereocenters. The zero-order valence-corrected chi connectivity index (χ0v) is 19.8. The smallest absolute Gasteiger partial charge is 0.268 e. The summed E-state index contributed by atoms with van der Waals surface area (Å²) in [6.45, 7) is 2.84. The van der Waals surface area contributed by atoms with E-state index in [2.05, 4.69) is 31.4 Å². The quantitative estimate of drug-likeness (QED) is 0.226. The highest BCUT2D eigenvalue weighted by atomic mass is 79.9. The summed E-state index contributed by atoms with van der Waals surface area (Å²) >= 11 is 4.69. The normalized spacial score (nSPS) is 11.0. The number of carbonyl (C=O) groups excluding carboxylic acids is 1. The van der Waals surface area contributed by atoms with E-state index in [4.69, 9.17) is 9.47 Å². The van der Waals surface area contributed by atoms with Crippen LogP contribution < -0.4 is 14.8 Å². The van der Waals surface area contributed by atoms with Crippen LogP contribution in [0.1, 0.15) is 23.9 Å². The fraction of sp³-hybridized carbons (Fsp3) is 0.217. The molecule has 3 rings (SSSR count). The predicted octanol–water partition coefficient (Wildman–Crippen LogP) is 5.26. The average Bonchev–Trinajstić information content (AvgIpc) is 3.24. The second-order valence-corrected chi connectivity index (χ2v) is 8.57. The number of aryl methyl sites for hydroxylation is 1. The molecule has 0 saturated heterocycles. The Morgan fingerprint density at radius 2 is 1.72 bits per heavy atom. The van der Waals surface area contributed by atoms with E-state index in [1.807, 2.05) is 37.3 Å². The summed E-state index contributed by atoms with van der Waals surface area (Å²) in [7, 11) is 0. The molecule has 0 fully saturated rings. The van der Waals surface area contributed by atoms with E-state index in [1.165, 1.54) is 17.4 Å². The number of nitrogens with one attached hydrogen (secondary N) is 1. The highest BCUT2D eigenvalue weighted by Crippen LogP contribution is 2.19. The van der Waals surface area contributed by atoms with Crippen LogP contribution in [0, 0.1) is 11.3 Å². The van der Waals surface area contributed by atoms with E-state index >= 15 is 0 Å². The molecule has 0 aliphatic rings. The van der Waals surface area contributed by atoms with Gasteiger partial charge < -0.3 is 9.47 Å². The Balaban J connectivity index is 1.51. The first-order valence-electron chi connectivity index (χ1n) is 9.94. The molecule has 0 radical (unpaired) electrons. The minimum atomic E-state index is -0.517. The minimum absolute atomic E-state index is 0.0196. The number of amides is 1. The van der Waals surface area contributed by atoms with Gasteiger partial charge in [0.2, 0.25) is 5.13 Å². The molecular formula is C23H21BrN4O3S. The Morgan fingerprint density at radius 3 is 2.31 bits per heavy atom. The van der Waals surface area contributed by atoms with Crippen molar-refractivity contribution in [3.8, 4) is 17.6 Å². The van der Waals surface area contributed by atoms with E-state index in [1.54, 1.807) is 24.3 Å². The van der Waals surface area contributed by atoms with Gasteiger partial charge in [-0.15, -0.1) is 10.2 Å². The van der Waals surface area contributed by atoms with Crippen LogP contribution in [0.15, 0.2) is 58.6 Å². The third-order valence-electron chi connectivity index (χ3n) is 4.14. The van der Waals surface area contributed by atoms with E-state index < -0.39 is 5.91 Å². The average molecular weight is 513 g/mol. The van der Waals surface area contributed by atoms with Crippen molar-refractivity contribution in [3.05, 3.63) is 69.1 Å². The molecule has 2 aromatic carbocycles. The van der Waals surface area contributed by atoms with Crippen molar-refractivity contribution in [1.29, 1.82) is 5.26 Å². The lowest BCUT2D eigenvalue weighted by atomic mass is 10.1. The summed E-state index contributed by atoms with van der Waals surface area (Å²) in [6.07, 6.45) is 3.27. The number of rotatable bonds is 10. The molecule has 0 aliphatic carbocycles. The molecule has 0 bridgehead atoms. The number of nitrogens with zero attached hydrogens (tertiary/aromatic N) is 3. The van der Waals surface area contributed by atoms with Gasteiger partial charge in [-0.2, -0.15) is 5.26 Å². The van der Waals surface area contributed by atoms with Gasteiger partial charge in [0, 0.05) is 10.9 Å². The molecule has 0 unspecified atom stereocenters. The van der Waals surface area contributed by atoms with E-state index in [-0.39, 0.29) is 5.57 Å². The third kappa shape index (κ3) is 7.18. The first kappa shape index (κ1) is 23.4. The molecule has 7 nitrogen and oxygen atoms in total. The molecular weight excluding hydrogens is 492 g/mol. The molecule has 0 spiro atoms. The van der Waals surface area contributed by atoms with Crippen LogP contribution in [0.3, 0.4) is 0 Å². The van der Waals surface area contributed by atoms with Crippen molar-refractivity contribution in [2.45, 2.75) is 19.8 Å². The van der Waals surface area contributed by atoms with E-state index in [0.717, 1.165) is 28.1 Å². The SMILES string of the molecule is CCCc1nnc(NC(=O)/C(C#N)=C\c2ccc(OCCOc3ccc(Br)cc3)cc2)s1. The number of ether oxygens (including phenoxy) is 2. The van der Waals surface area contributed by atoms with E-state index in [0.29, 0.717) is 29.7 Å². The van der Waals surface area contributed by atoms with Crippen LogP contribution in [0.25, 0.3) is 6.08 Å². The third-order valence-corrected chi connectivity index (χ3v) is 5.57. The molecule has 0 aliphatic heterocycles. The van der Waals surface area contributed by atoms with Gasteiger partial charge in [0.15, 0.2) is 0 Å². The van der Waals surface area contributed by atoms with E-state index in [9.17, 15) is 10.1 Å². The van der Waals surface area contributed by atoms with Crippen molar-refractivity contribution in [2.75, 3.05) is 18.5 Å². The summed E-state index contributed by atoms with van der Waals surface area (Å²) < 4.78 is 12.3. The molecule has 32 heavy (non-hydrogen) atoms. The molecule has 1 amide bonds. The van der Waals surface area contributed by atoms with Crippen molar-refractivity contribution in [1.82, 2.24) is 10.2 Å². The first-order valence-corrected chi connectivity index (χ1v) is 11.5. The lowest BCUT2D eigenvalue weighted by molar-refractivity contribution is -0.112. The second-order valence-electron chi connectivity index (χ2n) is 6.59. The first-order chi connectivity index (χ1) is 15.6. The summed E-state index contributed by atoms with van der Waals surface area (Å²) in [5, 5.41) is 21.2. The number of hydrogen-bond donors (Lipinski definition) is 1. The number of halogens is 1. The lowest BCUT2D eigenvalue weighted by Crippen LogP contribution is -2.13. The molecule has 3 aromatic rings. The molecule has 9 heteroatoms. The zero-order valence-electron chi connectivity index (χ0n) is 17.4. The Kier molecular flexibility index (Phi) is 8.78. The highest BCUT2D eigenvalue weighted by molar-refractivity contribution is 9.10. The van der Waals surface area contributed by atoms with Gasteiger partial charge in [-0.05, 0) is 54.5 Å². The molecule has 1 N–H and O–H groups in total. The van der Waals surface area contributed by atoms with Gasteiger partial charge in [-0.3, -0.25) is 10.1 Å². The Hall–Kier alpha value is -3.22. The maximum atomic E-state index is 12.4. The Bertz CT molecular complexity index is 1110. The van der Waals surface area contributed by atoms with Crippen LogP contribution in [0.4, 0.5) is 5.13 Å². The van der Waals surface area contributed by atoms with Crippen LogP contribution in [0.5, 0.6) is 11.5 Å². The minimum Gasteiger partial charge on any atom is -0.490 e. The van der Waals surface area contributed by atoms with Gasteiger partial charge in [0.1, 0.15) is 41.4 Å². The number of anilines is 1. The van der Waals surface area contributed by atoms with Crippen molar-refractivity contribution >= 4 is 44.4 Å². The van der Waals surface area contributed by atoms with Crippen LogP contribution in [0.2, 0.25) is 0 Å². The Labute approximate surface area is 198 Å². The zero-order chi connectivity index (χ0) is 22.8.